The fraction of sp³-hybridized carbons (Fsp3) is 0.200. The molecule has 0 saturated carbocycles. The molecule has 5 nitrogen and oxygen atoms in total. The quantitative estimate of drug-likeness (QED) is 0.395. The van der Waals surface area contributed by atoms with Gasteiger partial charge in [0.2, 0.25) is 0 Å². The Balaban J connectivity index is 1.80. The summed E-state index contributed by atoms with van der Waals surface area (Å²) >= 11 is 0. The van der Waals surface area contributed by atoms with Crippen molar-refractivity contribution in [1.82, 2.24) is 0 Å². The number of benzene rings is 2. The van der Waals surface area contributed by atoms with E-state index < -0.39 is 17.4 Å². The average molecular weight is 356 g/mol. The maximum atomic E-state index is 13.1. The van der Waals surface area contributed by atoms with Crippen LogP contribution in [0.3, 0.4) is 0 Å². The predicted octanol–water partition coefficient (Wildman–Crippen LogP) is 3.79. The molecule has 0 aliphatic rings. The zero-order chi connectivity index (χ0) is 18.7. The van der Waals surface area contributed by atoms with Gasteiger partial charge in [0.25, 0.3) is 0 Å². The zero-order valence-corrected chi connectivity index (χ0v) is 14.4. The van der Waals surface area contributed by atoms with Crippen molar-refractivity contribution in [2.45, 2.75) is 20.3 Å². The Morgan fingerprint density at radius 1 is 1.19 bits per heavy atom. The third kappa shape index (κ3) is 3.91. The number of aryl methyl sites for hydroxylation is 2. The second-order valence-electron chi connectivity index (χ2n) is 5.78. The van der Waals surface area contributed by atoms with Gasteiger partial charge in [0.1, 0.15) is 22.9 Å². The van der Waals surface area contributed by atoms with Gasteiger partial charge in [-0.15, -0.1) is 0 Å². The molecule has 0 bridgehead atoms. The molecule has 0 saturated heterocycles. The Labute approximate surface area is 149 Å². The first-order valence-corrected chi connectivity index (χ1v) is 8.12. The lowest BCUT2D eigenvalue weighted by atomic mass is 10.1. The largest absolute Gasteiger partial charge is 0.482 e. The van der Waals surface area contributed by atoms with Gasteiger partial charge < -0.3 is 13.9 Å². The molecule has 3 aromatic rings. The van der Waals surface area contributed by atoms with E-state index >= 15 is 0 Å². The Morgan fingerprint density at radius 2 is 2.00 bits per heavy atom. The summed E-state index contributed by atoms with van der Waals surface area (Å²) in [5.74, 6) is -0.554. The first-order valence-electron chi connectivity index (χ1n) is 8.12. The molecule has 0 aliphatic carbocycles. The summed E-state index contributed by atoms with van der Waals surface area (Å²) in [7, 11) is 0. The van der Waals surface area contributed by atoms with Crippen LogP contribution < -0.4 is 15.1 Å². The van der Waals surface area contributed by atoms with Crippen LogP contribution in [0.25, 0.3) is 11.0 Å². The van der Waals surface area contributed by atoms with Crippen molar-refractivity contribution in [2.75, 3.05) is 6.61 Å². The summed E-state index contributed by atoms with van der Waals surface area (Å²) in [6.07, 6.45) is 0.627. The highest BCUT2D eigenvalue weighted by Crippen LogP contribution is 2.28. The minimum atomic E-state index is -0.640. The normalized spacial score (nSPS) is 10.7. The molecule has 2 aromatic carbocycles. The molecule has 3 rings (SSSR count). The molecule has 26 heavy (non-hydrogen) atoms. The van der Waals surface area contributed by atoms with E-state index in [0.717, 1.165) is 16.5 Å². The molecule has 0 fully saturated rings. The van der Waals surface area contributed by atoms with Gasteiger partial charge in [0.05, 0.1) is 0 Å². The van der Waals surface area contributed by atoms with Crippen LogP contribution in [0.15, 0.2) is 51.7 Å². The van der Waals surface area contributed by atoms with E-state index in [1.165, 1.54) is 30.3 Å². The van der Waals surface area contributed by atoms with Crippen LogP contribution in [0.5, 0.6) is 11.5 Å². The third-order valence-electron chi connectivity index (χ3n) is 3.89. The molecule has 134 valence electrons. The minimum Gasteiger partial charge on any atom is -0.482 e. The number of halogens is 1. The number of carbonyl (C=O) groups excluding carboxylic acids is 1. The van der Waals surface area contributed by atoms with E-state index in [1.807, 2.05) is 19.9 Å². The predicted molar refractivity (Wildman–Crippen MR) is 94.1 cm³/mol. The molecule has 0 amide bonds. The molecule has 1 aromatic heterocycles. The van der Waals surface area contributed by atoms with Gasteiger partial charge in [-0.05, 0) is 42.7 Å². The van der Waals surface area contributed by atoms with Crippen molar-refractivity contribution >= 4 is 16.9 Å². The number of carbonyl (C=O) groups is 1. The number of hydrogen-bond donors (Lipinski definition) is 0. The number of ether oxygens (including phenoxy) is 2. The fourth-order valence-electron chi connectivity index (χ4n) is 2.61. The maximum Gasteiger partial charge on any atom is 0.349 e. The van der Waals surface area contributed by atoms with Crippen LogP contribution >= 0.6 is 0 Å². The van der Waals surface area contributed by atoms with Gasteiger partial charge in [-0.2, -0.15) is 0 Å². The van der Waals surface area contributed by atoms with Gasteiger partial charge in [-0.3, -0.25) is 0 Å². The van der Waals surface area contributed by atoms with Gasteiger partial charge in [-0.25, -0.2) is 14.0 Å². The SMILES string of the molecule is CCc1cc2c(C)cc(=O)oc2cc1OC(=O)COc1cccc(F)c1. The molecule has 0 atom stereocenters. The van der Waals surface area contributed by atoms with E-state index in [2.05, 4.69) is 0 Å². The summed E-state index contributed by atoms with van der Waals surface area (Å²) in [4.78, 5) is 23.6. The third-order valence-corrected chi connectivity index (χ3v) is 3.89. The average Bonchev–Trinajstić information content (AvgIpc) is 2.59. The van der Waals surface area contributed by atoms with Crippen molar-refractivity contribution < 1.29 is 23.1 Å². The highest BCUT2D eigenvalue weighted by Gasteiger charge is 2.13. The topological polar surface area (TPSA) is 65.7 Å². The number of esters is 1. The van der Waals surface area contributed by atoms with Crippen molar-refractivity contribution in [3.05, 3.63) is 69.8 Å². The van der Waals surface area contributed by atoms with Crippen LogP contribution in [0.4, 0.5) is 4.39 Å². The van der Waals surface area contributed by atoms with E-state index in [4.69, 9.17) is 13.9 Å². The van der Waals surface area contributed by atoms with Crippen LogP contribution in [-0.2, 0) is 11.2 Å². The summed E-state index contributed by atoms with van der Waals surface area (Å²) in [6, 6.07) is 10.3. The summed E-state index contributed by atoms with van der Waals surface area (Å²) < 4.78 is 28.9. The zero-order valence-electron chi connectivity index (χ0n) is 14.4. The number of hydrogen-bond acceptors (Lipinski definition) is 5. The maximum absolute atomic E-state index is 13.1. The number of fused-ring (bicyclic) bond motifs is 1. The first kappa shape index (κ1) is 17.7. The summed E-state index contributed by atoms with van der Waals surface area (Å²) in [6.45, 7) is 3.37. The van der Waals surface area contributed by atoms with Gasteiger partial charge >= 0.3 is 11.6 Å². The van der Waals surface area contributed by atoms with E-state index in [0.29, 0.717) is 17.8 Å². The van der Waals surface area contributed by atoms with Gasteiger partial charge in [0.15, 0.2) is 6.61 Å². The van der Waals surface area contributed by atoms with E-state index in [1.54, 1.807) is 6.07 Å². The van der Waals surface area contributed by atoms with Gasteiger partial charge in [-0.1, -0.05) is 13.0 Å². The minimum absolute atomic E-state index is 0.234. The molecule has 0 radical (unpaired) electrons. The molecule has 0 aliphatic heterocycles. The van der Waals surface area contributed by atoms with E-state index in [9.17, 15) is 14.0 Å². The Bertz CT molecular complexity index is 1020. The van der Waals surface area contributed by atoms with Crippen molar-refractivity contribution in [1.29, 1.82) is 0 Å². The van der Waals surface area contributed by atoms with Crippen LogP contribution in [0.2, 0.25) is 0 Å². The highest BCUT2D eigenvalue weighted by molar-refractivity contribution is 5.84. The monoisotopic (exact) mass is 356 g/mol. The van der Waals surface area contributed by atoms with Crippen molar-refractivity contribution in [2.24, 2.45) is 0 Å². The molecule has 1 heterocycles. The van der Waals surface area contributed by atoms with Gasteiger partial charge in [0, 0.05) is 23.6 Å². The standard InChI is InChI=1S/C20H17FO5/c1-3-13-8-16-12(2)7-19(22)26-18(16)10-17(13)25-20(23)11-24-15-6-4-5-14(21)9-15/h4-10H,3,11H2,1-2H3. The first-order chi connectivity index (χ1) is 12.5. The molecule has 6 heteroatoms. The second-order valence-corrected chi connectivity index (χ2v) is 5.78. The summed E-state index contributed by atoms with van der Waals surface area (Å²) in [5, 5.41) is 0.789. The lowest BCUT2D eigenvalue weighted by Crippen LogP contribution is -2.18. The molecular weight excluding hydrogens is 339 g/mol. The van der Waals surface area contributed by atoms with Crippen LogP contribution in [0.1, 0.15) is 18.1 Å². The summed E-state index contributed by atoms with van der Waals surface area (Å²) in [5.41, 5.74) is 1.47. The second kappa shape index (κ2) is 7.39. The fourth-order valence-corrected chi connectivity index (χ4v) is 2.61. The Kier molecular flexibility index (Phi) is 5.02. The lowest BCUT2D eigenvalue weighted by molar-refractivity contribution is -0.136. The molecule has 0 spiro atoms. The van der Waals surface area contributed by atoms with Crippen LogP contribution in [-0.4, -0.2) is 12.6 Å². The Hall–Kier alpha value is -3.15. The van der Waals surface area contributed by atoms with E-state index in [-0.39, 0.29) is 12.4 Å². The van der Waals surface area contributed by atoms with Crippen molar-refractivity contribution in [3.8, 4) is 11.5 Å². The highest BCUT2D eigenvalue weighted by atomic mass is 19.1. The number of rotatable bonds is 5. The molecular formula is C20H17FO5. The van der Waals surface area contributed by atoms with Crippen LogP contribution in [0, 0.1) is 12.7 Å². The Morgan fingerprint density at radius 3 is 2.73 bits per heavy atom. The smallest absolute Gasteiger partial charge is 0.349 e. The molecule has 0 unspecified atom stereocenters. The van der Waals surface area contributed by atoms with Crippen molar-refractivity contribution in [3.63, 3.8) is 0 Å². The lowest BCUT2D eigenvalue weighted by Gasteiger charge is -2.11. The molecule has 0 N–H and O–H groups in total.